The molecule has 0 radical (unpaired) electrons. The summed E-state index contributed by atoms with van der Waals surface area (Å²) >= 11 is 7.87. The van der Waals surface area contributed by atoms with E-state index in [2.05, 4.69) is 51.6 Å². The number of hydrogen-bond acceptors (Lipinski definition) is 5. The molecule has 1 aliphatic heterocycles. The third-order valence-corrected chi connectivity index (χ3v) is 9.60. The zero-order valence-electron chi connectivity index (χ0n) is 15.4. The summed E-state index contributed by atoms with van der Waals surface area (Å²) in [6.07, 6.45) is -0.341. The van der Waals surface area contributed by atoms with E-state index in [0.29, 0.717) is 0 Å². The lowest BCUT2D eigenvalue weighted by atomic mass is 10.4. The fourth-order valence-corrected chi connectivity index (χ4v) is 6.82. The molecule has 28 heavy (non-hydrogen) atoms. The highest BCUT2D eigenvalue weighted by Crippen LogP contribution is 2.39. The molecule has 4 rings (SSSR count). The van der Waals surface area contributed by atoms with Crippen molar-refractivity contribution in [3.05, 3.63) is 77.7 Å². The lowest BCUT2D eigenvalue weighted by molar-refractivity contribution is 0.123. The van der Waals surface area contributed by atoms with Crippen molar-refractivity contribution in [2.45, 2.75) is 0 Å². The van der Waals surface area contributed by atoms with Crippen molar-refractivity contribution in [1.82, 2.24) is 5.20 Å². The number of nitrogens with zero attached hydrogens (tertiary/aromatic N) is 2. The van der Waals surface area contributed by atoms with Crippen molar-refractivity contribution >= 4 is 51.2 Å². The normalized spacial score (nSPS) is 15.1. The van der Waals surface area contributed by atoms with Crippen LogP contribution in [0.15, 0.2) is 77.9 Å². The molecule has 1 saturated heterocycles. The monoisotopic (exact) mass is 427 g/mol. The molecule has 3 aromatic rings. The molecular weight excluding hydrogens is 405 g/mol. The third kappa shape index (κ3) is 4.36. The Morgan fingerprint density at radius 1 is 0.929 bits per heavy atom. The van der Waals surface area contributed by atoms with Crippen LogP contribution in [0.4, 0.5) is 5.00 Å². The zero-order valence-corrected chi connectivity index (χ0v) is 17.9. The van der Waals surface area contributed by atoms with E-state index in [0.717, 1.165) is 41.8 Å². The smallest absolute Gasteiger partial charge is 0.106 e. The fourth-order valence-electron chi connectivity index (χ4n) is 3.08. The summed E-state index contributed by atoms with van der Waals surface area (Å²) in [5, 5.41) is 11.4. The van der Waals surface area contributed by atoms with Gasteiger partial charge in [-0.2, -0.15) is 5.10 Å². The zero-order chi connectivity index (χ0) is 19.2. The second-order valence-electron chi connectivity index (χ2n) is 6.41. The highest BCUT2D eigenvalue weighted by atomic mass is 32.4. The van der Waals surface area contributed by atoms with Gasteiger partial charge in [-0.1, -0.05) is 72.5 Å². The van der Waals surface area contributed by atoms with Crippen LogP contribution in [-0.4, -0.2) is 32.5 Å². The molecule has 0 spiro atoms. The van der Waals surface area contributed by atoms with E-state index in [4.69, 9.17) is 16.5 Å². The Bertz CT molecular complexity index is 926. The van der Waals surface area contributed by atoms with Crippen LogP contribution in [0.3, 0.4) is 0 Å². The molecule has 0 unspecified atom stereocenters. The molecule has 2 heterocycles. The Labute approximate surface area is 174 Å². The van der Waals surface area contributed by atoms with Gasteiger partial charge in [0.15, 0.2) is 0 Å². The van der Waals surface area contributed by atoms with Crippen LogP contribution in [0.2, 0.25) is 0 Å². The van der Waals surface area contributed by atoms with E-state index < -0.39 is 6.19 Å². The maximum absolute atomic E-state index is 6.13. The number of benzene rings is 2. The first-order valence-electron chi connectivity index (χ1n) is 9.20. The van der Waals surface area contributed by atoms with E-state index in [1.165, 1.54) is 5.00 Å². The number of ether oxygens (including phenoxy) is 1. The molecule has 1 fully saturated rings. The quantitative estimate of drug-likeness (QED) is 0.371. The summed E-state index contributed by atoms with van der Waals surface area (Å²) in [6, 6.07) is 24.7. The molecule has 144 valence electrons. The van der Waals surface area contributed by atoms with Gasteiger partial charge in [0.25, 0.3) is 0 Å². The number of hydrazone groups is 1. The fraction of sp³-hybridized carbons (Fsp3) is 0.190. The molecular formula is C21H22N3OPS2. The minimum absolute atomic E-state index is 0.792. The van der Waals surface area contributed by atoms with E-state index in [-0.39, 0.29) is 0 Å². The second-order valence-corrected chi connectivity index (χ2v) is 11.6. The summed E-state index contributed by atoms with van der Waals surface area (Å²) < 4.78 is 5.43. The molecule has 1 N–H and O–H groups in total. The maximum atomic E-state index is 6.13. The van der Waals surface area contributed by atoms with Crippen molar-refractivity contribution in [2.75, 3.05) is 31.2 Å². The number of thiophene rings is 1. The Balaban J connectivity index is 1.54. The van der Waals surface area contributed by atoms with Crippen LogP contribution in [-0.2, 0) is 16.5 Å². The number of anilines is 1. The summed E-state index contributed by atoms with van der Waals surface area (Å²) in [7, 11) is 0. The van der Waals surface area contributed by atoms with Gasteiger partial charge in [-0.25, -0.2) is 0 Å². The summed E-state index contributed by atoms with van der Waals surface area (Å²) in [5.74, 6) is 0. The highest BCUT2D eigenvalue weighted by Gasteiger charge is 2.21. The molecule has 7 heteroatoms. The standard InChI is InChI=1S/C21H22N3OPS2/c27-26(18-7-3-1-4-8-18,19-9-5-2-6-10-19)23-22-17-20-11-12-21(28-20)24-13-15-25-16-14-24/h1-12,17H,13-16H2,(H,23,27). The molecule has 0 bridgehead atoms. The van der Waals surface area contributed by atoms with Gasteiger partial charge in [0.1, 0.15) is 6.19 Å². The topological polar surface area (TPSA) is 36.9 Å². The van der Waals surface area contributed by atoms with Crippen LogP contribution >= 0.6 is 17.5 Å². The van der Waals surface area contributed by atoms with Crippen molar-refractivity contribution in [1.29, 1.82) is 0 Å². The molecule has 2 aromatic carbocycles. The number of morpholine rings is 1. The first-order valence-corrected chi connectivity index (χ1v) is 12.8. The lowest BCUT2D eigenvalue weighted by Gasteiger charge is -2.27. The van der Waals surface area contributed by atoms with Crippen molar-refractivity contribution in [3.8, 4) is 0 Å². The third-order valence-electron chi connectivity index (χ3n) is 4.57. The molecule has 1 aliphatic rings. The van der Waals surface area contributed by atoms with E-state index in [1.807, 2.05) is 42.6 Å². The van der Waals surface area contributed by atoms with Gasteiger partial charge in [-0.15, -0.1) is 11.3 Å². The van der Waals surface area contributed by atoms with Crippen LogP contribution in [0.25, 0.3) is 0 Å². The molecule has 0 saturated carbocycles. The van der Waals surface area contributed by atoms with Gasteiger partial charge in [0.2, 0.25) is 0 Å². The minimum atomic E-state index is -2.22. The lowest BCUT2D eigenvalue weighted by Crippen LogP contribution is -2.35. The first kappa shape index (κ1) is 19.3. The van der Waals surface area contributed by atoms with E-state index in [1.54, 1.807) is 11.3 Å². The van der Waals surface area contributed by atoms with Crippen molar-refractivity contribution in [2.24, 2.45) is 5.10 Å². The predicted molar refractivity (Wildman–Crippen MR) is 125 cm³/mol. The highest BCUT2D eigenvalue weighted by molar-refractivity contribution is 8.20. The Morgan fingerprint density at radius 3 is 2.14 bits per heavy atom. The van der Waals surface area contributed by atoms with Crippen molar-refractivity contribution in [3.63, 3.8) is 0 Å². The van der Waals surface area contributed by atoms with Crippen LogP contribution in [0, 0.1) is 0 Å². The minimum Gasteiger partial charge on any atom is -0.378 e. The molecule has 0 aliphatic carbocycles. The average molecular weight is 428 g/mol. The van der Waals surface area contributed by atoms with E-state index >= 15 is 0 Å². The SMILES string of the molecule is S=P(NN=Cc1ccc(N2CCOCC2)s1)(c1ccccc1)c1ccccc1. The van der Waals surface area contributed by atoms with Crippen LogP contribution < -0.4 is 20.7 Å². The predicted octanol–water partition coefficient (Wildman–Crippen LogP) is 3.55. The molecule has 0 atom stereocenters. The van der Waals surface area contributed by atoms with Gasteiger partial charge >= 0.3 is 0 Å². The van der Waals surface area contributed by atoms with Gasteiger partial charge in [-0.3, -0.25) is 5.20 Å². The van der Waals surface area contributed by atoms with Crippen LogP contribution in [0.1, 0.15) is 4.88 Å². The van der Waals surface area contributed by atoms with Gasteiger partial charge in [-0.05, 0) is 12.1 Å². The maximum Gasteiger partial charge on any atom is 0.106 e. The molecule has 0 amide bonds. The van der Waals surface area contributed by atoms with Gasteiger partial charge in [0.05, 0.1) is 24.4 Å². The first-order chi connectivity index (χ1) is 13.8. The number of nitrogens with one attached hydrogen (secondary N) is 1. The molecule has 4 nitrogen and oxygen atoms in total. The Hall–Kier alpha value is -1.98. The van der Waals surface area contributed by atoms with Crippen molar-refractivity contribution < 1.29 is 4.74 Å². The van der Waals surface area contributed by atoms with Gasteiger partial charge < -0.3 is 9.64 Å². The van der Waals surface area contributed by atoms with E-state index in [9.17, 15) is 0 Å². The number of hydrogen-bond donors (Lipinski definition) is 1. The van der Waals surface area contributed by atoms with Gasteiger partial charge in [0, 0.05) is 28.6 Å². The second kappa shape index (κ2) is 9.01. The Morgan fingerprint density at radius 2 is 1.54 bits per heavy atom. The summed E-state index contributed by atoms with van der Waals surface area (Å²) in [6.45, 7) is 3.47. The van der Waals surface area contributed by atoms with Crippen LogP contribution in [0.5, 0.6) is 0 Å². The average Bonchev–Trinajstić information content (AvgIpc) is 3.24. The summed E-state index contributed by atoms with van der Waals surface area (Å²) in [5.41, 5.74) is 0. The summed E-state index contributed by atoms with van der Waals surface area (Å²) in [4.78, 5) is 3.47. The molecule has 1 aromatic heterocycles. The largest absolute Gasteiger partial charge is 0.378 e. The number of rotatable bonds is 6. The Kier molecular flexibility index (Phi) is 6.23.